The molecule has 5 rings (SSSR count). The highest BCUT2D eigenvalue weighted by atomic mass is 16.2. The Morgan fingerprint density at radius 1 is 1.07 bits per heavy atom. The fourth-order valence-electron chi connectivity index (χ4n) is 3.54. The molecule has 0 saturated heterocycles. The molecule has 1 aromatic heterocycles. The summed E-state index contributed by atoms with van der Waals surface area (Å²) in [6.07, 6.45) is 4.21. The number of rotatable bonds is 6. The monoisotopic (exact) mass is 389 g/mol. The molecule has 2 aliphatic rings. The molecule has 2 aliphatic carbocycles. The van der Waals surface area contributed by atoms with E-state index in [4.69, 9.17) is 0 Å². The van der Waals surface area contributed by atoms with Crippen LogP contribution in [0.1, 0.15) is 52.0 Å². The summed E-state index contributed by atoms with van der Waals surface area (Å²) in [5, 5.41) is 11.1. The Balaban J connectivity index is 1.33. The minimum Gasteiger partial charge on any atom is -0.349 e. The van der Waals surface area contributed by atoms with Crippen LogP contribution in [0.25, 0.3) is 11.0 Å². The van der Waals surface area contributed by atoms with Crippen molar-refractivity contribution in [2.24, 2.45) is 7.05 Å². The Bertz CT molecular complexity index is 1080. The first-order valence-electron chi connectivity index (χ1n) is 10.1. The molecule has 0 aliphatic heterocycles. The standard InChI is InChI=1S/C22H23N5O2/c1-26-20-12-16(6-11-19(20)24-25-26)22(29)27(18-9-10-18)13-14-2-4-15(5-3-14)21(28)23-17-7-8-17/h2-6,11-12,17-18H,7-10,13H2,1H3,(H,23,28). The van der Waals surface area contributed by atoms with Crippen LogP contribution in [0.4, 0.5) is 0 Å². The summed E-state index contributed by atoms with van der Waals surface area (Å²) < 4.78 is 1.68. The van der Waals surface area contributed by atoms with E-state index < -0.39 is 0 Å². The van der Waals surface area contributed by atoms with Gasteiger partial charge in [-0.2, -0.15) is 0 Å². The molecular formula is C22H23N5O2. The molecule has 2 aromatic carbocycles. The lowest BCUT2D eigenvalue weighted by molar-refractivity contribution is 0.0729. The third-order valence-corrected chi connectivity index (χ3v) is 5.59. The van der Waals surface area contributed by atoms with Crippen LogP contribution in [-0.4, -0.2) is 43.8 Å². The lowest BCUT2D eigenvalue weighted by atomic mass is 10.1. The Hall–Kier alpha value is -3.22. The van der Waals surface area contributed by atoms with Crippen molar-refractivity contribution >= 4 is 22.8 Å². The Morgan fingerprint density at radius 2 is 1.79 bits per heavy atom. The van der Waals surface area contributed by atoms with Gasteiger partial charge >= 0.3 is 0 Å². The molecule has 7 heteroatoms. The quantitative estimate of drug-likeness (QED) is 0.703. The lowest BCUT2D eigenvalue weighted by Gasteiger charge is -2.23. The highest BCUT2D eigenvalue weighted by Gasteiger charge is 2.33. The van der Waals surface area contributed by atoms with Crippen molar-refractivity contribution in [2.75, 3.05) is 0 Å². The maximum atomic E-state index is 13.2. The summed E-state index contributed by atoms with van der Waals surface area (Å²) in [5.41, 5.74) is 3.96. The number of fused-ring (bicyclic) bond motifs is 1. The summed E-state index contributed by atoms with van der Waals surface area (Å²) in [6, 6.07) is 13.7. The fraction of sp³-hybridized carbons (Fsp3) is 0.364. The Kier molecular flexibility index (Phi) is 4.30. The predicted octanol–water partition coefficient (Wildman–Crippen LogP) is 2.67. The van der Waals surface area contributed by atoms with Crippen LogP contribution in [0, 0.1) is 0 Å². The second kappa shape index (κ2) is 6.99. The highest BCUT2D eigenvalue weighted by Crippen LogP contribution is 2.30. The minimum atomic E-state index is -0.0211. The van der Waals surface area contributed by atoms with E-state index in [1.54, 1.807) is 4.68 Å². The molecule has 2 amide bonds. The van der Waals surface area contributed by atoms with Crippen LogP contribution in [0.2, 0.25) is 0 Å². The van der Waals surface area contributed by atoms with Gasteiger partial charge in [0.2, 0.25) is 0 Å². The predicted molar refractivity (Wildman–Crippen MR) is 108 cm³/mol. The van der Waals surface area contributed by atoms with Crippen molar-refractivity contribution in [3.63, 3.8) is 0 Å². The number of aryl methyl sites for hydroxylation is 1. The second-order valence-corrected chi connectivity index (χ2v) is 8.03. The van der Waals surface area contributed by atoms with Crippen LogP contribution in [0.3, 0.4) is 0 Å². The van der Waals surface area contributed by atoms with Gasteiger partial charge in [-0.25, -0.2) is 4.68 Å². The molecule has 29 heavy (non-hydrogen) atoms. The van der Waals surface area contributed by atoms with Gasteiger partial charge in [0.15, 0.2) is 0 Å². The fourth-order valence-corrected chi connectivity index (χ4v) is 3.54. The van der Waals surface area contributed by atoms with E-state index in [1.165, 1.54) is 0 Å². The zero-order valence-corrected chi connectivity index (χ0v) is 16.3. The average Bonchev–Trinajstić information content (AvgIpc) is 3.66. The zero-order valence-electron chi connectivity index (χ0n) is 16.3. The first-order valence-corrected chi connectivity index (χ1v) is 10.1. The maximum Gasteiger partial charge on any atom is 0.254 e. The van der Waals surface area contributed by atoms with E-state index in [0.717, 1.165) is 42.3 Å². The SMILES string of the molecule is Cn1nnc2ccc(C(=O)N(Cc3ccc(C(=O)NC4CC4)cc3)C3CC3)cc21. The van der Waals surface area contributed by atoms with Gasteiger partial charge in [-0.05, 0) is 61.6 Å². The van der Waals surface area contributed by atoms with E-state index in [0.29, 0.717) is 23.7 Å². The van der Waals surface area contributed by atoms with Gasteiger partial charge in [0.05, 0.1) is 5.52 Å². The third kappa shape index (κ3) is 3.72. The summed E-state index contributed by atoms with van der Waals surface area (Å²) in [6.45, 7) is 0.537. The van der Waals surface area contributed by atoms with Crippen molar-refractivity contribution in [3.05, 3.63) is 59.2 Å². The van der Waals surface area contributed by atoms with Crippen LogP contribution >= 0.6 is 0 Å². The highest BCUT2D eigenvalue weighted by molar-refractivity contribution is 5.97. The average molecular weight is 389 g/mol. The van der Waals surface area contributed by atoms with E-state index in [9.17, 15) is 9.59 Å². The number of nitrogens with one attached hydrogen (secondary N) is 1. The van der Waals surface area contributed by atoms with Crippen molar-refractivity contribution in [1.29, 1.82) is 0 Å². The number of benzene rings is 2. The molecule has 0 atom stereocenters. The summed E-state index contributed by atoms with van der Waals surface area (Å²) in [7, 11) is 1.82. The van der Waals surface area contributed by atoms with Gasteiger partial charge in [-0.15, -0.1) is 5.10 Å². The lowest BCUT2D eigenvalue weighted by Crippen LogP contribution is -2.32. The molecule has 0 radical (unpaired) electrons. The Morgan fingerprint density at radius 3 is 2.48 bits per heavy atom. The molecule has 0 spiro atoms. The zero-order chi connectivity index (χ0) is 20.0. The summed E-state index contributed by atoms with van der Waals surface area (Å²) in [5.74, 6) is -0.00147. The van der Waals surface area contributed by atoms with Crippen LogP contribution in [0.5, 0.6) is 0 Å². The first kappa shape index (κ1) is 17.8. The Labute approximate surface area is 168 Å². The third-order valence-electron chi connectivity index (χ3n) is 5.59. The van der Waals surface area contributed by atoms with Crippen LogP contribution in [0.15, 0.2) is 42.5 Å². The normalized spacial score (nSPS) is 16.0. The van der Waals surface area contributed by atoms with Gasteiger partial charge in [0.1, 0.15) is 5.52 Å². The number of amides is 2. The molecule has 0 bridgehead atoms. The van der Waals surface area contributed by atoms with Crippen molar-refractivity contribution in [1.82, 2.24) is 25.2 Å². The van der Waals surface area contributed by atoms with Gasteiger partial charge < -0.3 is 10.2 Å². The van der Waals surface area contributed by atoms with E-state index in [-0.39, 0.29) is 17.9 Å². The van der Waals surface area contributed by atoms with Crippen LogP contribution < -0.4 is 5.32 Å². The van der Waals surface area contributed by atoms with Gasteiger partial charge in [-0.1, -0.05) is 17.3 Å². The maximum absolute atomic E-state index is 13.2. The van der Waals surface area contributed by atoms with Gasteiger partial charge in [-0.3, -0.25) is 9.59 Å². The molecule has 7 nitrogen and oxygen atoms in total. The van der Waals surface area contributed by atoms with Crippen molar-refractivity contribution in [2.45, 2.75) is 44.3 Å². The number of aromatic nitrogens is 3. The van der Waals surface area contributed by atoms with E-state index >= 15 is 0 Å². The molecule has 2 saturated carbocycles. The topological polar surface area (TPSA) is 80.1 Å². The first-order chi connectivity index (χ1) is 14.1. The molecule has 1 N–H and O–H groups in total. The largest absolute Gasteiger partial charge is 0.349 e. The summed E-state index contributed by atoms with van der Waals surface area (Å²) >= 11 is 0. The van der Waals surface area contributed by atoms with Gasteiger partial charge in [0, 0.05) is 36.8 Å². The minimum absolute atomic E-state index is 0.0196. The molecule has 1 heterocycles. The number of carbonyl (C=O) groups is 2. The van der Waals surface area contributed by atoms with Crippen molar-refractivity contribution < 1.29 is 9.59 Å². The van der Waals surface area contributed by atoms with E-state index in [1.807, 2.05) is 54.4 Å². The molecule has 3 aromatic rings. The summed E-state index contributed by atoms with van der Waals surface area (Å²) in [4.78, 5) is 27.3. The smallest absolute Gasteiger partial charge is 0.254 e. The van der Waals surface area contributed by atoms with E-state index in [2.05, 4.69) is 15.6 Å². The number of carbonyl (C=O) groups excluding carboxylic acids is 2. The number of nitrogens with zero attached hydrogens (tertiary/aromatic N) is 4. The second-order valence-electron chi connectivity index (χ2n) is 8.03. The number of hydrogen-bond acceptors (Lipinski definition) is 4. The molecule has 2 fully saturated rings. The molecule has 0 unspecified atom stereocenters. The van der Waals surface area contributed by atoms with Crippen LogP contribution in [-0.2, 0) is 13.6 Å². The molecular weight excluding hydrogens is 366 g/mol. The number of hydrogen-bond donors (Lipinski definition) is 1. The molecule has 148 valence electrons. The van der Waals surface area contributed by atoms with Crippen molar-refractivity contribution in [3.8, 4) is 0 Å². The van der Waals surface area contributed by atoms with Gasteiger partial charge in [0.25, 0.3) is 11.8 Å².